The highest BCUT2D eigenvalue weighted by Crippen LogP contribution is 2.34. The van der Waals surface area contributed by atoms with Gasteiger partial charge >= 0.3 is 5.97 Å². The van der Waals surface area contributed by atoms with Crippen molar-refractivity contribution in [1.82, 2.24) is 5.32 Å². The van der Waals surface area contributed by atoms with Gasteiger partial charge in [-0.3, -0.25) is 4.79 Å². The van der Waals surface area contributed by atoms with E-state index in [2.05, 4.69) is 5.32 Å². The van der Waals surface area contributed by atoms with Crippen LogP contribution < -0.4 is 14.8 Å². The number of hydrogen-bond donors (Lipinski definition) is 1. The van der Waals surface area contributed by atoms with E-state index in [-0.39, 0.29) is 17.7 Å². The zero-order valence-corrected chi connectivity index (χ0v) is 15.7. The number of rotatable bonds is 5. The summed E-state index contributed by atoms with van der Waals surface area (Å²) in [6.07, 6.45) is 0. The lowest BCUT2D eigenvalue weighted by Gasteiger charge is -2.14. The summed E-state index contributed by atoms with van der Waals surface area (Å²) in [6, 6.07) is 11.2. The maximum absolute atomic E-state index is 13.7. The van der Waals surface area contributed by atoms with Crippen molar-refractivity contribution < 1.29 is 28.2 Å². The molecule has 4 rings (SSSR count). The van der Waals surface area contributed by atoms with Crippen LogP contribution in [0, 0.1) is 5.82 Å². The van der Waals surface area contributed by atoms with Gasteiger partial charge in [-0.1, -0.05) is 12.1 Å². The Morgan fingerprint density at radius 1 is 1.21 bits per heavy atom. The SMILES string of the molecule is C[C@H](NC(=O)COC(=O)c1cc2c(F)cccc2s1)c1ccc2c(c1)OCO2. The topological polar surface area (TPSA) is 73.9 Å². The zero-order chi connectivity index (χ0) is 19.7. The molecule has 0 aliphatic carbocycles. The van der Waals surface area contributed by atoms with Crippen molar-refractivity contribution in [3.8, 4) is 11.5 Å². The molecule has 0 saturated carbocycles. The first-order valence-corrected chi connectivity index (χ1v) is 9.37. The quantitative estimate of drug-likeness (QED) is 0.659. The molecule has 1 N–H and O–H groups in total. The van der Waals surface area contributed by atoms with Crippen molar-refractivity contribution in [1.29, 1.82) is 0 Å². The first-order valence-electron chi connectivity index (χ1n) is 8.55. The molecule has 0 bridgehead atoms. The fourth-order valence-electron chi connectivity index (χ4n) is 2.88. The first kappa shape index (κ1) is 18.2. The number of fused-ring (bicyclic) bond motifs is 2. The number of ether oxygens (including phenoxy) is 3. The molecule has 1 amide bonds. The number of hydrogen-bond acceptors (Lipinski definition) is 6. The second-order valence-electron chi connectivity index (χ2n) is 6.24. The monoisotopic (exact) mass is 401 g/mol. The van der Waals surface area contributed by atoms with E-state index >= 15 is 0 Å². The van der Waals surface area contributed by atoms with Gasteiger partial charge in [-0.15, -0.1) is 11.3 Å². The molecule has 3 aromatic rings. The highest BCUT2D eigenvalue weighted by molar-refractivity contribution is 7.20. The van der Waals surface area contributed by atoms with E-state index < -0.39 is 24.3 Å². The lowest BCUT2D eigenvalue weighted by atomic mass is 10.1. The van der Waals surface area contributed by atoms with Crippen LogP contribution in [0.2, 0.25) is 0 Å². The van der Waals surface area contributed by atoms with Crippen molar-refractivity contribution >= 4 is 33.3 Å². The third-order valence-corrected chi connectivity index (χ3v) is 5.40. The Labute approximate surface area is 163 Å². The van der Waals surface area contributed by atoms with Gasteiger partial charge < -0.3 is 19.5 Å². The Morgan fingerprint density at radius 2 is 2.04 bits per heavy atom. The maximum Gasteiger partial charge on any atom is 0.348 e. The molecule has 1 aliphatic rings. The Balaban J connectivity index is 1.34. The summed E-state index contributed by atoms with van der Waals surface area (Å²) in [5.74, 6) is -0.210. The number of benzene rings is 2. The van der Waals surface area contributed by atoms with Gasteiger partial charge in [0.1, 0.15) is 10.7 Å². The standard InChI is InChI=1S/C20H16FNO5S/c1-11(12-5-6-15-16(7-12)27-10-26-15)22-19(23)9-25-20(24)18-8-13-14(21)3-2-4-17(13)28-18/h2-8,11H,9-10H2,1H3,(H,22,23)/t11-/m0/s1. The molecule has 6 nitrogen and oxygen atoms in total. The molecule has 0 spiro atoms. The van der Waals surface area contributed by atoms with E-state index in [4.69, 9.17) is 14.2 Å². The smallest absolute Gasteiger partial charge is 0.348 e. The Bertz CT molecular complexity index is 1060. The Morgan fingerprint density at radius 3 is 2.86 bits per heavy atom. The van der Waals surface area contributed by atoms with Gasteiger partial charge in [0.15, 0.2) is 18.1 Å². The summed E-state index contributed by atoms with van der Waals surface area (Å²) < 4.78 is 30.0. The molecule has 0 fully saturated rings. The van der Waals surface area contributed by atoms with E-state index in [1.54, 1.807) is 24.3 Å². The van der Waals surface area contributed by atoms with Crippen molar-refractivity contribution in [2.24, 2.45) is 0 Å². The highest BCUT2D eigenvalue weighted by Gasteiger charge is 2.18. The maximum atomic E-state index is 13.7. The second kappa shape index (κ2) is 7.47. The Hall–Kier alpha value is -3.13. The van der Waals surface area contributed by atoms with E-state index in [9.17, 15) is 14.0 Å². The van der Waals surface area contributed by atoms with Crippen LogP contribution in [0.1, 0.15) is 28.2 Å². The summed E-state index contributed by atoms with van der Waals surface area (Å²) in [5.41, 5.74) is 0.837. The average molecular weight is 401 g/mol. The van der Waals surface area contributed by atoms with Gasteiger partial charge in [0.2, 0.25) is 6.79 Å². The molecule has 0 radical (unpaired) electrons. The molecule has 0 saturated heterocycles. The van der Waals surface area contributed by atoms with Crippen molar-refractivity contribution in [2.45, 2.75) is 13.0 Å². The highest BCUT2D eigenvalue weighted by atomic mass is 32.1. The molecule has 28 heavy (non-hydrogen) atoms. The minimum absolute atomic E-state index is 0.178. The van der Waals surface area contributed by atoms with Gasteiger partial charge in [-0.2, -0.15) is 0 Å². The van der Waals surface area contributed by atoms with E-state index in [0.717, 1.165) is 16.9 Å². The van der Waals surface area contributed by atoms with Crippen molar-refractivity contribution in [3.63, 3.8) is 0 Å². The summed E-state index contributed by atoms with van der Waals surface area (Å²) >= 11 is 1.12. The predicted octanol–water partition coefficient (Wildman–Crippen LogP) is 3.80. The third-order valence-electron chi connectivity index (χ3n) is 4.32. The summed E-state index contributed by atoms with van der Waals surface area (Å²) in [4.78, 5) is 24.5. The fraction of sp³-hybridized carbons (Fsp3) is 0.200. The minimum atomic E-state index is -0.661. The van der Waals surface area contributed by atoms with E-state index in [1.165, 1.54) is 12.1 Å². The van der Waals surface area contributed by atoms with Crippen molar-refractivity contribution in [2.75, 3.05) is 13.4 Å². The largest absolute Gasteiger partial charge is 0.454 e. The van der Waals surface area contributed by atoms with Crippen LogP contribution in [0.25, 0.3) is 10.1 Å². The molecule has 1 atom stereocenters. The minimum Gasteiger partial charge on any atom is -0.454 e. The molecular formula is C20H16FNO5S. The normalized spacial score (nSPS) is 13.4. The van der Waals surface area contributed by atoms with E-state index in [1.807, 2.05) is 13.0 Å². The molecule has 0 unspecified atom stereocenters. The molecule has 2 aromatic carbocycles. The van der Waals surface area contributed by atoms with Crippen LogP contribution >= 0.6 is 11.3 Å². The second-order valence-corrected chi connectivity index (χ2v) is 7.32. The van der Waals surface area contributed by atoms with Crippen LogP contribution in [0.4, 0.5) is 4.39 Å². The molecule has 144 valence electrons. The number of halogens is 1. The number of amides is 1. The van der Waals surface area contributed by atoms with Gasteiger partial charge in [0, 0.05) is 10.1 Å². The lowest BCUT2D eigenvalue weighted by molar-refractivity contribution is -0.124. The summed E-state index contributed by atoms with van der Waals surface area (Å²) in [6.45, 7) is 1.56. The fourth-order valence-corrected chi connectivity index (χ4v) is 3.85. The predicted molar refractivity (Wildman–Crippen MR) is 101 cm³/mol. The Kier molecular flexibility index (Phi) is 4.87. The zero-order valence-electron chi connectivity index (χ0n) is 14.9. The number of carbonyl (C=O) groups is 2. The summed E-state index contributed by atoms with van der Waals surface area (Å²) in [7, 11) is 0. The first-order chi connectivity index (χ1) is 13.5. The lowest BCUT2D eigenvalue weighted by Crippen LogP contribution is -2.31. The van der Waals surface area contributed by atoms with Gasteiger partial charge in [-0.25, -0.2) is 9.18 Å². The molecule has 2 heterocycles. The number of esters is 1. The van der Waals surface area contributed by atoms with Crippen LogP contribution in [-0.2, 0) is 9.53 Å². The molecule has 1 aliphatic heterocycles. The van der Waals surface area contributed by atoms with Gasteiger partial charge in [-0.05, 0) is 42.8 Å². The van der Waals surface area contributed by atoms with E-state index in [0.29, 0.717) is 21.6 Å². The van der Waals surface area contributed by atoms with Crippen LogP contribution in [-0.4, -0.2) is 25.3 Å². The van der Waals surface area contributed by atoms with Crippen LogP contribution in [0.3, 0.4) is 0 Å². The van der Waals surface area contributed by atoms with Gasteiger partial charge in [0.25, 0.3) is 5.91 Å². The summed E-state index contributed by atoms with van der Waals surface area (Å²) in [5, 5.41) is 3.12. The van der Waals surface area contributed by atoms with Crippen LogP contribution in [0.15, 0.2) is 42.5 Å². The van der Waals surface area contributed by atoms with Gasteiger partial charge in [0.05, 0.1) is 6.04 Å². The number of thiophene rings is 1. The number of nitrogens with one attached hydrogen (secondary N) is 1. The molecule has 8 heteroatoms. The van der Waals surface area contributed by atoms with Crippen molar-refractivity contribution in [3.05, 3.63) is 58.7 Å². The molecule has 1 aromatic heterocycles. The number of carbonyl (C=O) groups excluding carboxylic acids is 2. The third kappa shape index (κ3) is 3.63. The average Bonchev–Trinajstić information content (AvgIpc) is 3.32. The van der Waals surface area contributed by atoms with Crippen LogP contribution in [0.5, 0.6) is 11.5 Å². The molecular weight excluding hydrogens is 385 g/mol.